The molecule has 2 aliphatic rings. The van der Waals surface area contributed by atoms with E-state index in [-0.39, 0.29) is 23.0 Å². The Morgan fingerprint density at radius 3 is 2.87 bits per heavy atom. The first-order valence-corrected chi connectivity index (χ1v) is 9.44. The van der Waals surface area contributed by atoms with E-state index in [0.29, 0.717) is 24.8 Å². The molecule has 2 aliphatic heterocycles. The van der Waals surface area contributed by atoms with Crippen molar-refractivity contribution in [1.29, 1.82) is 0 Å². The van der Waals surface area contributed by atoms with Gasteiger partial charge in [-0.3, -0.25) is 4.79 Å². The molecule has 1 unspecified atom stereocenters. The number of thioether (sulfide) groups is 1. The Bertz CT molecular complexity index is 448. The predicted octanol–water partition coefficient (Wildman–Crippen LogP) is 1.65. The Labute approximate surface area is 142 Å². The highest BCUT2D eigenvalue weighted by atomic mass is 32.2. The van der Waals surface area contributed by atoms with Crippen LogP contribution in [-0.4, -0.2) is 54.3 Å². The zero-order chi connectivity index (χ0) is 16.9. The third kappa shape index (κ3) is 4.12. The van der Waals surface area contributed by atoms with Crippen LogP contribution in [0.5, 0.6) is 0 Å². The second-order valence-electron chi connectivity index (χ2n) is 6.86. The summed E-state index contributed by atoms with van der Waals surface area (Å²) in [5.74, 6) is 1.06. The molecule has 2 heterocycles. The second kappa shape index (κ2) is 7.75. The zero-order valence-electron chi connectivity index (χ0n) is 14.4. The average Bonchev–Trinajstić information content (AvgIpc) is 2.85. The van der Waals surface area contributed by atoms with Gasteiger partial charge in [-0.15, -0.1) is 0 Å². The van der Waals surface area contributed by atoms with Crippen LogP contribution < -0.4 is 16.0 Å². The van der Waals surface area contributed by atoms with E-state index >= 15 is 0 Å². The highest BCUT2D eigenvalue weighted by Crippen LogP contribution is 2.47. The lowest BCUT2D eigenvalue weighted by molar-refractivity contribution is -0.121. The summed E-state index contributed by atoms with van der Waals surface area (Å²) in [6.07, 6.45) is 4.34. The van der Waals surface area contributed by atoms with Crippen LogP contribution in [0.2, 0.25) is 0 Å². The van der Waals surface area contributed by atoms with Gasteiger partial charge in [-0.25, -0.2) is 4.79 Å². The fourth-order valence-electron chi connectivity index (χ4n) is 3.36. The van der Waals surface area contributed by atoms with Crippen LogP contribution >= 0.6 is 11.8 Å². The summed E-state index contributed by atoms with van der Waals surface area (Å²) < 4.78 is 4.95. The van der Waals surface area contributed by atoms with Crippen molar-refractivity contribution in [1.82, 2.24) is 16.0 Å². The van der Waals surface area contributed by atoms with Crippen molar-refractivity contribution in [3.8, 4) is 0 Å². The van der Waals surface area contributed by atoms with Gasteiger partial charge in [0.1, 0.15) is 0 Å². The highest BCUT2D eigenvalue weighted by molar-refractivity contribution is 8.00. The molecule has 0 radical (unpaired) electrons. The van der Waals surface area contributed by atoms with E-state index in [1.807, 2.05) is 11.8 Å². The van der Waals surface area contributed by atoms with Gasteiger partial charge in [0.05, 0.1) is 11.1 Å². The standard InChI is InChI=1S/C16H29N3O3S/c1-15-11-23-12(16(15,2)19-14(21)18-15)7-4-5-8-13(20)17-9-6-10-22-3/h12H,4-11H2,1-3H3,(H,17,20)(H2,18,19,21)/t12?,15-,16+/m0/s1. The molecule has 3 atom stereocenters. The van der Waals surface area contributed by atoms with Crippen LogP contribution in [0.3, 0.4) is 0 Å². The van der Waals surface area contributed by atoms with Gasteiger partial charge in [0.25, 0.3) is 0 Å². The number of ether oxygens (including phenoxy) is 1. The number of carbonyl (C=O) groups is 2. The van der Waals surface area contributed by atoms with E-state index in [4.69, 9.17) is 4.74 Å². The number of amides is 3. The molecule has 7 heteroatoms. The number of unbranched alkanes of at least 4 members (excludes halogenated alkanes) is 1. The molecule has 0 aromatic heterocycles. The molecule has 3 N–H and O–H groups in total. The number of urea groups is 1. The van der Waals surface area contributed by atoms with Crippen LogP contribution in [0, 0.1) is 0 Å². The van der Waals surface area contributed by atoms with Crippen LogP contribution in [0.1, 0.15) is 46.0 Å². The van der Waals surface area contributed by atoms with Crippen molar-refractivity contribution in [2.24, 2.45) is 0 Å². The molecule has 2 fully saturated rings. The van der Waals surface area contributed by atoms with Gasteiger partial charge in [-0.05, 0) is 33.1 Å². The molecule has 23 heavy (non-hydrogen) atoms. The SMILES string of the molecule is COCCCNC(=O)CCCCC1SC[C@]2(C)NC(=O)N[C@]12C. The third-order valence-corrected chi connectivity index (χ3v) is 6.95. The topological polar surface area (TPSA) is 79.5 Å². The maximum Gasteiger partial charge on any atom is 0.315 e. The minimum Gasteiger partial charge on any atom is -0.385 e. The second-order valence-corrected chi connectivity index (χ2v) is 8.05. The molecule has 0 aromatic carbocycles. The Hall–Kier alpha value is -0.950. The van der Waals surface area contributed by atoms with Gasteiger partial charge in [0.2, 0.25) is 5.91 Å². The fraction of sp³-hybridized carbons (Fsp3) is 0.875. The molecule has 2 saturated heterocycles. The first-order chi connectivity index (χ1) is 10.9. The maximum atomic E-state index is 11.7. The summed E-state index contributed by atoms with van der Waals surface area (Å²) in [6, 6.07) is -0.0595. The van der Waals surface area contributed by atoms with Gasteiger partial charge >= 0.3 is 6.03 Å². The van der Waals surface area contributed by atoms with E-state index in [9.17, 15) is 9.59 Å². The number of methoxy groups -OCH3 is 1. The number of hydrogen-bond acceptors (Lipinski definition) is 4. The van der Waals surface area contributed by atoms with Gasteiger partial charge in [0, 0.05) is 37.7 Å². The molecule has 2 rings (SSSR count). The summed E-state index contributed by atoms with van der Waals surface area (Å²) in [4.78, 5) is 23.4. The number of fused-ring (bicyclic) bond motifs is 1. The lowest BCUT2D eigenvalue weighted by Crippen LogP contribution is -2.58. The molecule has 6 nitrogen and oxygen atoms in total. The molecule has 3 amide bonds. The fourth-order valence-corrected chi connectivity index (χ4v) is 5.25. The Morgan fingerprint density at radius 2 is 2.13 bits per heavy atom. The Balaban J connectivity index is 1.65. The summed E-state index contributed by atoms with van der Waals surface area (Å²) in [6.45, 7) is 5.61. The zero-order valence-corrected chi connectivity index (χ0v) is 15.2. The number of rotatable bonds is 9. The smallest absolute Gasteiger partial charge is 0.315 e. The maximum absolute atomic E-state index is 11.7. The Morgan fingerprint density at radius 1 is 1.35 bits per heavy atom. The van der Waals surface area contributed by atoms with E-state index in [0.717, 1.165) is 31.4 Å². The average molecular weight is 343 g/mol. The third-order valence-electron chi connectivity index (χ3n) is 5.09. The van der Waals surface area contributed by atoms with Crippen molar-refractivity contribution in [2.45, 2.75) is 62.3 Å². The quantitative estimate of drug-likeness (QED) is 0.439. The molecular formula is C16H29N3O3S. The number of nitrogens with one attached hydrogen (secondary N) is 3. The van der Waals surface area contributed by atoms with Gasteiger partial charge < -0.3 is 20.7 Å². The predicted molar refractivity (Wildman–Crippen MR) is 92.7 cm³/mol. The van der Waals surface area contributed by atoms with Crippen LogP contribution in [0.4, 0.5) is 4.79 Å². The monoisotopic (exact) mass is 343 g/mol. The minimum absolute atomic E-state index is 0.0595. The van der Waals surface area contributed by atoms with Crippen LogP contribution in [-0.2, 0) is 9.53 Å². The summed E-state index contributed by atoms with van der Waals surface area (Å²) in [7, 11) is 1.66. The van der Waals surface area contributed by atoms with Gasteiger partial charge in [-0.2, -0.15) is 11.8 Å². The molecule has 0 bridgehead atoms. The normalized spacial score (nSPS) is 32.3. The lowest BCUT2D eigenvalue weighted by atomic mass is 9.79. The molecule has 0 aliphatic carbocycles. The van der Waals surface area contributed by atoms with E-state index in [2.05, 4.69) is 29.8 Å². The van der Waals surface area contributed by atoms with E-state index < -0.39 is 0 Å². The van der Waals surface area contributed by atoms with Crippen molar-refractivity contribution in [3.63, 3.8) is 0 Å². The molecule has 0 spiro atoms. The van der Waals surface area contributed by atoms with Crippen LogP contribution in [0.15, 0.2) is 0 Å². The van der Waals surface area contributed by atoms with Crippen molar-refractivity contribution >= 4 is 23.7 Å². The molecule has 0 aromatic rings. The van der Waals surface area contributed by atoms with Crippen molar-refractivity contribution in [2.75, 3.05) is 26.0 Å². The molecule has 0 saturated carbocycles. The van der Waals surface area contributed by atoms with Crippen LogP contribution in [0.25, 0.3) is 0 Å². The molecular weight excluding hydrogens is 314 g/mol. The first-order valence-electron chi connectivity index (χ1n) is 8.39. The van der Waals surface area contributed by atoms with Gasteiger partial charge in [0.15, 0.2) is 0 Å². The largest absolute Gasteiger partial charge is 0.385 e. The van der Waals surface area contributed by atoms with Crippen molar-refractivity contribution < 1.29 is 14.3 Å². The lowest BCUT2D eigenvalue weighted by Gasteiger charge is -2.35. The molecule has 132 valence electrons. The van der Waals surface area contributed by atoms with E-state index in [1.165, 1.54) is 0 Å². The summed E-state index contributed by atoms with van der Waals surface area (Å²) >= 11 is 1.92. The number of carbonyl (C=O) groups excluding carboxylic acids is 2. The minimum atomic E-state index is -0.197. The van der Waals surface area contributed by atoms with Gasteiger partial charge in [-0.1, -0.05) is 6.42 Å². The summed E-state index contributed by atoms with van der Waals surface area (Å²) in [5, 5.41) is 9.48. The summed E-state index contributed by atoms with van der Waals surface area (Å²) in [5.41, 5.74) is -0.366. The Kier molecular flexibility index (Phi) is 6.19. The van der Waals surface area contributed by atoms with Crippen molar-refractivity contribution in [3.05, 3.63) is 0 Å². The van der Waals surface area contributed by atoms with E-state index in [1.54, 1.807) is 7.11 Å². The number of hydrogen-bond donors (Lipinski definition) is 3. The highest BCUT2D eigenvalue weighted by Gasteiger charge is 2.60. The first kappa shape index (κ1) is 18.4.